The highest BCUT2D eigenvalue weighted by Crippen LogP contribution is 2.48. The number of aryl methyl sites for hydroxylation is 1. The molecule has 0 bridgehead atoms. The second-order valence-electron chi connectivity index (χ2n) is 8.80. The first-order chi connectivity index (χ1) is 16.6. The Hall–Kier alpha value is -2.87. The van der Waals surface area contributed by atoms with Gasteiger partial charge in [-0.15, -0.1) is 11.3 Å². The topological polar surface area (TPSA) is 38.4 Å². The molecule has 7 heteroatoms. The van der Waals surface area contributed by atoms with E-state index in [1.165, 1.54) is 21.4 Å². The minimum Gasteiger partial charge on any atom is -0.376 e. The molecule has 2 aromatic heterocycles. The summed E-state index contributed by atoms with van der Waals surface area (Å²) in [6.07, 6.45) is 6.30. The van der Waals surface area contributed by atoms with Crippen LogP contribution in [0.1, 0.15) is 18.5 Å². The van der Waals surface area contributed by atoms with Gasteiger partial charge in [0.1, 0.15) is 21.3 Å². The number of thiazole rings is 1. The largest absolute Gasteiger partial charge is 0.376 e. The number of pyridine rings is 1. The highest BCUT2D eigenvalue weighted by molar-refractivity contribution is 8.08. The van der Waals surface area contributed by atoms with Crippen molar-refractivity contribution in [3.63, 3.8) is 0 Å². The van der Waals surface area contributed by atoms with Crippen molar-refractivity contribution in [3.8, 4) is 0 Å². The van der Waals surface area contributed by atoms with E-state index in [9.17, 15) is 4.79 Å². The van der Waals surface area contributed by atoms with Crippen LogP contribution in [0.5, 0.6) is 0 Å². The van der Waals surface area contributed by atoms with Crippen LogP contribution >= 0.6 is 23.1 Å². The lowest BCUT2D eigenvalue weighted by molar-refractivity contribution is -0.673. The second-order valence-corrected chi connectivity index (χ2v) is 10.9. The number of hydrogen-bond acceptors (Lipinski definition) is 5. The summed E-state index contributed by atoms with van der Waals surface area (Å²) in [5.41, 5.74) is 2.30. The van der Waals surface area contributed by atoms with Crippen molar-refractivity contribution in [2.45, 2.75) is 30.4 Å². The van der Waals surface area contributed by atoms with Crippen molar-refractivity contribution < 1.29 is 9.30 Å². The average Bonchev–Trinajstić information content (AvgIpc) is 3.56. The average molecular weight is 489 g/mol. The molecule has 0 aliphatic carbocycles. The maximum absolute atomic E-state index is 13.8. The van der Waals surface area contributed by atoms with Crippen molar-refractivity contribution in [1.29, 1.82) is 0 Å². The minimum atomic E-state index is 0.0665. The first kappa shape index (κ1) is 21.6. The second kappa shape index (κ2) is 8.73. The number of ether oxygens (including phenoxy) is 1. The molecule has 2 aliphatic rings. The number of fused-ring (bicyclic) bond motifs is 3. The summed E-state index contributed by atoms with van der Waals surface area (Å²) in [6.45, 7) is 1.37. The minimum absolute atomic E-state index is 0.0665. The predicted octanol–water partition coefficient (Wildman–Crippen LogP) is 3.20. The van der Waals surface area contributed by atoms with Gasteiger partial charge in [-0.05, 0) is 30.4 Å². The monoisotopic (exact) mass is 488 g/mol. The molecule has 1 atom stereocenters. The Labute approximate surface area is 206 Å². The van der Waals surface area contributed by atoms with E-state index in [0.717, 1.165) is 39.4 Å². The zero-order valence-corrected chi connectivity index (χ0v) is 20.9. The zero-order valence-electron chi connectivity index (χ0n) is 19.2. The third-order valence-corrected chi connectivity index (χ3v) is 9.06. The molecule has 0 spiro atoms. The van der Waals surface area contributed by atoms with Gasteiger partial charge in [-0.25, -0.2) is 4.57 Å². The van der Waals surface area contributed by atoms with Gasteiger partial charge in [0.15, 0.2) is 6.20 Å². The van der Waals surface area contributed by atoms with Crippen molar-refractivity contribution in [2.75, 3.05) is 18.6 Å². The van der Waals surface area contributed by atoms with Gasteiger partial charge in [0, 0.05) is 42.1 Å². The van der Waals surface area contributed by atoms with Gasteiger partial charge in [0.25, 0.3) is 5.56 Å². The van der Waals surface area contributed by atoms with Crippen molar-refractivity contribution in [2.24, 2.45) is 7.05 Å². The molecule has 172 valence electrons. The molecule has 2 aliphatic heterocycles. The Kier molecular flexibility index (Phi) is 5.56. The summed E-state index contributed by atoms with van der Waals surface area (Å²) in [6, 6.07) is 18.9. The van der Waals surface area contributed by atoms with Gasteiger partial charge in [0.2, 0.25) is 5.69 Å². The van der Waals surface area contributed by atoms with Gasteiger partial charge in [-0.2, -0.15) is 0 Å². The molecule has 2 aromatic carbocycles. The van der Waals surface area contributed by atoms with Crippen LogP contribution in [0, 0.1) is 0 Å². The standard InChI is InChI=1S/C27H26N3O2S2/c1-28-14-6-5-9-19(28)16-23-30(17-20-10-7-15-32-20)26(31)25(34-23)27-29(2)24-21-11-4-3-8-18(21)12-13-22(24)33-27/h3-6,8-9,11-14,16,20H,7,10,15,17H2,1-2H3/q+1. The van der Waals surface area contributed by atoms with Crippen LogP contribution in [0.2, 0.25) is 0 Å². The lowest BCUT2D eigenvalue weighted by atomic mass is 10.1. The van der Waals surface area contributed by atoms with Crippen LogP contribution in [0.3, 0.4) is 0 Å². The fourth-order valence-corrected chi connectivity index (χ4v) is 7.21. The van der Waals surface area contributed by atoms with Crippen LogP contribution in [0.4, 0.5) is 5.69 Å². The van der Waals surface area contributed by atoms with Crippen molar-refractivity contribution >= 4 is 50.7 Å². The maximum Gasteiger partial charge on any atom is 0.271 e. The summed E-state index contributed by atoms with van der Waals surface area (Å²) < 4.78 is 11.6. The van der Waals surface area contributed by atoms with Gasteiger partial charge in [-0.3, -0.25) is 9.36 Å². The van der Waals surface area contributed by atoms with E-state index < -0.39 is 0 Å². The Morgan fingerprint density at radius 1 is 1.15 bits per heavy atom. The van der Waals surface area contributed by atoms with E-state index >= 15 is 0 Å². The number of thioether (sulfide) groups is 1. The zero-order chi connectivity index (χ0) is 23.2. The Morgan fingerprint density at radius 2 is 2.00 bits per heavy atom. The smallest absolute Gasteiger partial charge is 0.271 e. The van der Waals surface area contributed by atoms with E-state index in [0.29, 0.717) is 6.54 Å². The number of benzene rings is 2. The maximum atomic E-state index is 13.8. The van der Waals surface area contributed by atoms with E-state index in [2.05, 4.69) is 65.1 Å². The fourth-order valence-electron chi connectivity index (χ4n) is 4.78. The quantitative estimate of drug-likeness (QED) is 0.415. The van der Waals surface area contributed by atoms with Crippen molar-refractivity contribution in [3.05, 3.63) is 86.0 Å². The lowest BCUT2D eigenvalue weighted by Crippen LogP contribution is -2.37. The van der Waals surface area contributed by atoms with E-state index in [1.54, 1.807) is 23.1 Å². The summed E-state index contributed by atoms with van der Waals surface area (Å²) in [4.78, 5) is 17.2. The van der Waals surface area contributed by atoms with E-state index in [-0.39, 0.29) is 11.7 Å². The Balaban J connectivity index is 1.55. The number of rotatable bonds is 3. The normalized spacial score (nSPS) is 19.9. The Morgan fingerprint density at radius 3 is 2.82 bits per heavy atom. The predicted molar refractivity (Wildman–Crippen MR) is 140 cm³/mol. The molecule has 0 radical (unpaired) electrons. The summed E-state index contributed by atoms with van der Waals surface area (Å²) in [5.74, 6) is 0. The lowest BCUT2D eigenvalue weighted by Gasteiger charge is -2.15. The third-order valence-electron chi connectivity index (χ3n) is 6.59. The molecule has 1 saturated heterocycles. The molecule has 5 nitrogen and oxygen atoms in total. The molecule has 34 heavy (non-hydrogen) atoms. The summed E-state index contributed by atoms with van der Waals surface area (Å²) >= 11 is 3.27. The molecule has 1 unspecified atom stereocenters. The molecule has 1 fully saturated rings. The SMILES string of the molecule is CN1C(=c2sc(=Cc3cccc[n+]3C)n(CC3CCCO3)c2=O)Sc2ccc3ccccc3c21. The molecule has 0 saturated carbocycles. The van der Waals surface area contributed by atoms with Crippen LogP contribution in [0.25, 0.3) is 21.9 Å². The molecule has 4 heterocycles. The Bertz CT molecular complexity index is 1580. The highest BCUT2D eigenvalue weighted by Gasteiger charge is 2.27. The van der Waals surface area contributed by atoms with Gasteiger partial charge < -0.3 is 9.64 Å². The number of hydrogen-bond donors (Lipinski definition) is 0. The molecule has 0 N–H and O–H groups in total. The number of aromatic nitrogens is 2. The number of nitrogens with zero attached hydrogens (tertiary/aromatic N) is 3. The molecule has 6 rings (SSSR count). The van der Waals surface area contributed by atoms with Crippen molar-refractivity contribution in [1.82, 2.24) is 4.57 Å². The van der Waals surface area contributed by atoms with Crippen LogP contribution in [-0.2, 0) is 18.3 Å². The molecule has 4 aromatic rings. The van der Waals surface area contributed by atoms with Crippen LogP contribution in [-0.4, -0.2) is 24.3 Å². The summed E-state index contributed by atoms with van der Waals surface area (Å²) in [7, 11) is 4.10. The van der Waals surface area contributed by atoms with Crippen LogP contribution in [0.15, 0.2) is 70.5 Å². The fraction of sp³-hybridized carbons (Fsp3) is 0.259. The molecular weight excluding hydrogens is 462 g/mol. The molecule has 0 amide bonds. The first-order valence-corrected chi connectivity index (χ1v) is 13.2. The van der Waals surface area contributed by atoms with Crippen LogP contribution < -0.4 is 24.2 Å². The first-order valence-electron chi connectivity index (χ1n) is 11.6. The van der Waals surface area contributed by atoms with E-state index in [4.69, 9.17) is 4.74 Å². The van der Waals surface area contributed by atoms with E-state index in [1.807, 2.05) is 29.9 Å². The van der Waals surface area contributed by atoms with Gasteiger partial charge in [-0.1, -0.05) is 42.1 Å². The number of anilines is 1. The third kappa shape index (κ3) is 3.68. The van der Waals surface area contributed by atoms with Gasteiger partial charge in [0.05, 0.1) is 18.3 Å². The highest BCUT2D eigenvalue weighted by atomic mass is 32.2. The van der Waals surface area contributed by atoms with Gasteiger partial charge >= 0.3 is 0 Å². The molecular formula is C27H26N3O2S2+. The summed E-state index contributed by atoms with van der Waals surface area (Å²) in [5, 5.41) is 3.42.